The third kappa shape index (κ3) is 3.49. The van der Waals surface area contributed by atoms with Gasteiger partial charge in [-0.05, 0) is 49.1 Å². The minimum Gasteiger partial charge on any atom is -0.313 e. The summed E-state index contributed by atoms with van der Waals surface area (Å²) in [5.41, 5.74) is 1.65. The summed E-state index contributed by atoms with van der Waals surface area (Å²) in [6.45, 7) is 5.72. The quantitative estimate of drug-likeness (QED) is 0.769. The fourth-order valence-electron chi connectivity index (χ4n) is 2.51. The number of benzene rings is 1. The Morgan fingerprint density at radius 2 is 1.89 bits per heavy atom. The lowest BCUT2D eigenvalue weighted by molar-refractivity contribution is 0.245. The lowest BCUT2D eigenvalue weighted by atomic mass is 9.77. The van der Waals surface area contributed by atoms with Gasteiger partial charge in [-0.3, -0.25) is 0 Å². The minimum atomic E-state index is 0.355. The van der Waals surface area contributed by atoms with Gasteiger partial charge in [0.05, 0.1) is 0 Å². The molecule has 1 fully saturated rings. The molecule has 1 saturated carbocycles. The first kappa shape index (κ1) is 13.9. The number of hydrogen-bond donors (Lipinski definition) is 1. The lowest BCUT2D eigenvalue weighted by Crippen LogP contribution is -2.36. The Labute approximate surface area is 116 Å². The zero-order valence-corrected chi connectivity index (χ0v) is 12.3. The fourth-order valence-corrected chi connectivity index (χ4v) is 2.71. The second-order valence-electron chi connectivity index (χ2n) is 5.63. The van der Waals surface area contributed by atoms with Crippen LogP contribution in [0.4, 0.5) is 0 Å². The summed E-state index contributed by atoms with van der Waals surface area (Å²) >= 11 is 6.30. The first-order valence-corrected chi connectivity index (χ1v) is 7.54. The maximum Gasteiger partial charge on any atom is 0.0438 e. The fraction of sp³-hybridized carbons (Fsp3) is 0.625. The summed E-state index contributed by atoms with van der Waals surface area (Å²) in [5, 5.41) is 4.61. The molecular formula is C16H24ClN. The highest BCUT2D eigenvalue weighted by Gasteiger charge is 2.30. The van der Waals surface area contributed by atoms with Crippen LogP contribution in [0.2, 0.25) is 5.02 Å². The highest BCUT2D eigenvalue weighted by molar-refractivity contribution is 6.31. The van der Waals surface area contributed by atoms with Gasteiger partial charge >= 0.3 is 0 Å². The van der Waals surface area contributed by atoms with E-state index in [4.69, 9.17) is 11.6 Å². The minimum absolute atomic E-state index is 0.355. The van der Waals surface area contributed by atoms with Crippen molar-refractivity contribution in [1.29, 1.82) is 0 Å². The molecule has 0 aromatic heterocycles. The van der Waals surface area contributed by atoms with Crippen molar-refractivity contribution < 1.29 is 0 Å². The van der Waals surface area contributed by atoms with E-state index in [1.807, 2.05) is 12.1 Å². The molecular weight excluding hydrogens is 242 g/mol. The SMILES string of the molecule is CCC(CC)(CNC1CC1)Cc1ccccc1Cl. The summed E-state index contributed by atoms with van der Waals surface area (Å²) in [6.07, 6.45) is 6.20. The molecule has 0 heterocycles. The molecule has 2 rings (SSSR count). The van der Waals surface area contributed by atoms with Gasteiger partial charge in [-0.2, -0.15) is 0 Å². The molecule has 0 radical (unpaired) electrons. The molecule has 0 atom stereocenters. The van der Waals surface area contributed by atoms with Gasteiger partial charge in [0, 0.05) is 17.6 Å². The van der Waals surface area contributed by atoms with E-state index in [1.165, 1.54) is 31.2 Å². The van der Waals surface area contributed by atoms with Crippen molar-refractivity contribution in [2.45, 2.75) is 52.0 Å². The molecule has 0 bridgehead atoms. The normalized spacial score (nSPS) is 15.9. The summed E-state index contributed by atoms with van der Waals surface area (Å²) in [6, 6.07) is 9.05. The maximum absolute atomic E-state index is 6.30. The van der Waals surface area contributed by atoms with Crippen LogP contribution in [0, 0.1) is 5.41 Å². The number of hydrogen-bond acceptors (Lipinski definition) is 1. The molecule has 100 valence electrons. The Morgan fingerprint density at radius 3 is 2.44 bits per heavy atom. The molecule has 0 spiro atoms. The van der Waals surface area contributed by atoms with Crippen molar-refractivity contribution in [3.63, 3.8) is 0 Å². The predicted molar refractivity (Wildman–Crippen MR) is 79.2 cm³/mol. The highest BCUT2D eigenvalue weighted by atomic mass is 35.5. The molecule has 0 unspecified atom stereocenters. The summed E-state index contributed by atoms with van der Waals surface area (Å²) < 4.78 is 0. The van der Waals surface area contributed by atoms with Crippen LogP contribution in [0.1, 0.15) is 45.1 Å². The first-order valence-electron chi connectivity index (χ1n) is 7.16. The van der Waals surface area contributed by atoms with Gasteiger partial charge in [0.25, 0.3) is 0 Å². The van der Waals surface area contributed by atoms with Crippen molar-refractivity contribution in [3.8, 4) is 0 Å². The molecule has 1 aromatic rings. The average Bonchev–Trinajstić information content (AvgIpc) is 3.21. The summed E-state index contributed by atoms with van der Waals surface area (Å²) in [4.78, 5) is 0. The van der Waals surface area contributed by atoms with Gasteiger partial charge < -0.3 is 5.32 Å². The lowest BCUT2D eigenvalue weighted by Gasteiger charge is -2.32. The van der Waals surface area contributed by atoms with Crippen LogP contribution in [0.3, 0.4) is 0 Å². The van der Waals surface area contributed by atoms with Crippen LogP contribution < -0.4 is 5.32 Å². The monoisotopic (exact) mass is 265 g/mol. The van der Waals surface area contributed by atoms with Crippen LogP contribution in [0.15, 0.2) is 24.3 Å². The Bertz CT molecular complexity index is 380. The topological polar surface area (TPSA) is 12.0 Å². The predicted octanol–water partition coefficient (Wildman–Crippen LogP) is 4.44. The van der Waals surface area contributed by atoms with E-state index in [0.717, 1.165) is 24.0 Å². The van der Waals surface area contributed by atoms with Crippen molar-refractivity contribution in [1.82, 2.24) is 5.32 Å². The summed E-state index contributed by atoms with van der Waals surface area (Å²) in [5.74, 6) is 0. The number of rotatable bonds is 7. The first-order chi connectivity index (χ1) is 8.69. The average molecular weight is 266 g/mol. The maximum atomic E-state index is 6.30. The van der Waals surface area contributed by atoms with E-state index >= 15 is 0 Å². The molecule has 0 saturated heterocycles. The zero-order valence-electron chi connectivity index (χ0n) is 11.5. The van der Waals surface area contributed by atoms with Gasteiger partial charge in [0.2, 0.25) is 0 Å². The molecule has 2 heteroatoms. The van der Waals surface area contributed by atoms with Crippen molar-refractivity contribution in [3.05, 3.63) is 34.9 Å². The Kier molecular flexibility index (Phi) is 4.69. The molecule has 1 aliphatic rings. The van der Waals surface area contributed by atoms with Crippen LogP contribution in [0.5, 0.6) is 0 Å². The van der Waals surface area contributed by atoms with Crippen LogP contribution in [-0.2, 0) is 6.42 Å². The van der Waals surface area contributed by atoms with Gasteiger partial charge in [0.1, 0.15) is 0 Å². The van der Waals surface area contributed by atoms with Crippen LogP contribution in [0.25, 0.3) is 0 Å². The second kappa shape index (κ2) is 6.08. The number of nitrogens with one attached hydrogen (secondary N) is 1. The van der Waals surface area contributed by atoms with E-state index < -0.39 is 0 Å². The van der Waals surface area contributed by atoms with Crippen LogP contribution >= 0.6 is 11.6 Å². The Hall–Kier alpha value is -0.530. The largest absolute Gasteiger partial charge is 0.313 e. The molecule has 0 aliphatic heterocycles. The summed E-state index contributed by atoms with van der Waals surface area (Å²) in [7, 11) is 0. The molecule has 18 heavy (non-hydrogen) atoms. The third-order valence-electron chi connectivity index (χ3n) is 4.37. The Morgan fingerprint density at radius 1 is 1.22 bits per heavy atom. The molecule has 0 amide bonds. The number of halogens is 1. The van der Waals surface area contributed by atoms with Crippen molar-refractivity contribution >= 4 is 11.6 Å². The van der Waals surface area contributed by atoms with Gasteiger partial charge in [-0.25, -0.2) is 0 Å². The third-order valence-corrected chi connectivity index (χ3v) is 4.74. The molecule has 1 aromatic carbocycles. The van der Waals surface area contributed by atoms with Gasteiger partial charge in [-0.1, -0.05) is 43.6 Å². The van der Waals surface area contributed by atoms with Crippen molar-refractivity contribution in [2.75, 3.05) is 6.54 Å². The van der Waals surface area contributed by atoms with Crippen molar-refractivity contribution in [2.24, 2.45) is 5.41 Å². The second-order valence-corrected chi connectivity index (χ2v) is 6.04. The zero-order chi connectivity index (χ0) is 13.0. The van der Waals surface area contributed by atoms with Gasteiger partial charge in [0.15, 0.2) is 0 Å². The standard InChI is InChI=1S/C16H24ClN/c1-3-16(4-2,12-18-14-9-10-14)11-13-7-5-6-8-15(13)17/h5-8,14,18H,3-4,9-12H2,1-2H3. The van der Waals surface area contributed by atoms with E-state index in [0.29, 0.717) is 5.41 Å². The molecule has 1 aliphatic carbocycles. The van der Waals surface area contributed by atoms with E-state index in [9.17, 15) is 0 Å². The van der Waals surface area contributed by atoms with E-state index in [-0.39, 0.29) is 0 Å². The Balaban J connectivity index is 2.06. The van der Waals surface area contributed by atoms with E-state index in [1.54, 1.807) is 0 Å². The smallest absolute Gasteiger partial charge is 0.0438 e. The van der Waals surface area contributed by atoms with E-state index in [2.05, 4.69) is 31.3 Å². The van der Waals surface area contributed by atoms with Gasteiger partial charge in [-0.15, -0.1) is 0 Å². The highest BCUT2D eigenvalue weighted by Crippen LogP contribution is 2.33. The van der Waals surface area contributed by atoms with Crippen LogP contribution in [-0.4, -0.2) is 12.6 Å². The molecule has 1 N–H and O–H groups in total. The molecule has 1 nitrogen and oxygen atoms in total.